The fraction of sp³-hybridized carbons (Fsp3) is 0.545. The van der Waals surface area contributed by atoms with Crippen LogP contribution in [-0.4, -0.2) is 47.5 Å². The number of H-pyrrole nitrogens is 1. The first-order valence-electron chi connectivity index (χ1n) is 5.70. The first-order valence-corrected chi connectivity index (χ1v) is 5.70. The predicted octanol–water partition coefficient (Wildman–Crippen LogP) is -1.40. The van der Waals surface area contributed by atoms with Crippen LogP contribution >= 0.6 is 0 Å². The van der Waals surface area contributed by atoms with Crippen LogP contribution in [0.25, 0.3) is 0 Å². The number of carbonyl (C=O) groups excluding carboxylic acids is 1. The molecule has 7 heteroatoms. The van der Waals surface area contributed by atoms with E-state index in [0.717, 1.165) is 6.54 Å². The zero-order chi connectivity index (χ0) is 13.5. The summed E-state index contributed by atoms with van der Waals surface area (Å²) in [6.07, 6.45) is 1.59. The van der Waals surface area contributed by atoms with Gasteiger partial charge in [0.15, 0.2) is 0 Å². The van der Waals surface area contributed by atoms with Crippen molar-refractivity contribution in [3.8, 4) is 0 Å². The Balaban J connectivity index is 2.38. The SMILES string of the molecule is CN(C)CCNC(=O)CCn1ccc(=O)[nH]c1=O. The van der Waals surface area contributed by atoms with Gasteiger partial charge in [0.2, 0.25) is 5.91 Å². The molecule has 0 bridgehead atoms. The van der Waals surface area contributed by atoms with Crippen molar-refractivity contribution in [1.29, 1.82) is 0 Å². The van der Waals surface area contributed by atoms with Gasteiger partial charge >= 0.3 is 5.69 Å². The summed E-state index contributed by atoms with van der Waals surface area (Å²) in [4.78, 5) is 37.7. The lowest BCUT2D eigenvalue weighted by Gasteiger charge is -2.10. The van der Waals surface area contributed by atoms with E-state index >= 15 is 0 Å². The summed E-state index contributed by atoms with van der Waals surface area (Å²) in [6.45, 7) is 1.60. The number of carbonyl (C=O) groups is 1. The highest BCUT2D eigenvalue weighted by Gasteiger charge is 2.03. The number of likely N-dealkylation sites (N-methyl/N-ethyl adjacent to an activating group) is 1. The fourth-order valence-electron chi connectivity index (χ4n) is 1.35. The van der Waals surface area contributed by atoms with Gasteiger partial charge in [-0.15, -0.1) is 0 Å². The molecule has 0 aromatic carbocycles. The molecule has 0 aliphatic carbocycles. The molecule has 7 nitrogen and oxygen atoms in total. The molecule has 100 valence electrons. The summed E-state index contributed by atoms with van der Waals surface area (Å²) in [7, 11) is 3.85. The normalized spacial score (nSPS) is 10.6. The van der Waals surface area contributed by atoms with Gasteiger partial charge in [-0.25, -0.2) is 4.79 Å². The number of nitrogens with one attached hydrogen (secondary N) is 2. The fourth-order valence-corrected chi connectivity index (χ4v) is 1.35. The van der Waals surface area contributed by atoms with E-state index in [2.05, 4.69) is 10.3 Å². The van der Waals surface area contributed by atoms with Crippen LogP contribution in [0.2, 0.25) is 0 Å². The zero-order valence-corrected chi connectivity index (χ0v) is 10.6. The molecule has 1 aromatic heterocycles. The lowest BCUT2D eigenvalue weighted by Crippen LogP contribution is -2.33. The van der Waals surface area contributed by atoms with Gasteiger partial charge in [-0.2, -0.15) is 0 Å². The van der Waals surface area contributed by atoms with Crippen LogP contribution in [-0.2, 0) is 11.3 Å². The molecule has 0 saturated carbocycles. The number of hydrogen-bond donors (Lipinski definition) is 2. The molecule has 0 aliphatic rings. The van der Waals surface area contributed by atoms with Gasteiger partial charge < -0.3 is 14.8 Å². The molecule has 1 amide bonds. The summed E-state index contributed by atoms with van der Waals surface area (Å²) in [5, 5.41) is 2.75. The Bertz CT molecular complexity index is 504. The van der Waals surface area contributed by atoms with Crippen molar-refractivity contribution in [2.45, 2.75) is 13.0 Å². The molecular weight excluding hydrogens is 236 g/mol. The maximum atomic E-state index is 11.5. The van der Waals surface area contributed by atoms with E-state index in [4.69, 9.17) is 0 Å². The third-order valence-electron chi connectivity index (χ3n) is 2.36. The number of amides is 1. The molecule has 0 saturated heterocycles. The van der Waals surface area contributed by atoms with E-state index in [1.54, 1.807) is 0 Å². The standard InChI is InChI=1S/C11H18N4O3/c1-14(2)8-5-12-9(16)3-6-15-7-4-10(17)13-11(15)18/h4,7H,3,5-6,8H2,1-2H3,(H,12,16)(H,13,17,18). The average Bonchev–Trinajstić information content (AvgIpc) is 2.27. The number of rotatable bonds is 6. The summed E-state index contributed by atoms with van der Waals surface area (Å²) >= 11 is 0. The van der Waals surface area contributed by atoms with Gasteiger partial charge in [0.1, 0.15) is 0 Å². The second-order valence-electron chi connectivity index (χ2n) is 4.21. The van der Waals surface area contributed by atoms with Crippen LogP contribution in [0.1, 0.15) is 6.42 Å². The summed E-state index contributed by atoms with van der Waals surface area (Å²) < 4.78 is 1.30. The smallest absolute Gasteiger partial charge is 0.328 e. The van der Waals surface area contributed by atoms with Crippen molar-refractivity contribution >= 4 is 5.91 Å². The van der Waals surface area contributed by atoms with Crippen LogP contribution in [0.5, 0.6) is 0 Å². The Morgan fingerprint density at radius 3 is 2.78 bits per heavy atom. The highest BCUT2D eigenvalue weighted by atomic mass is 16.2. The lowest BCUT2D eigenvalue weighted by molar-refractivity contribution is -0.121. The van der Waals surface area contributed by atoms with E-state index in [0.29, 0.717) is 6.54 Å². The van der Waals surface area contributed by atoms with Crippen LogP contribution in [0.3, 0.4) is 0 Å². The molecule has 1 heterocycles. The Morgan fingerprint density at radius 1 is 1.44 bits per heavy atom. The summed E-state index contributed by atoms with van der Waals surface area (Å²) in [5.41, 5.74) is -0.935. The Hall–Kier alpha value is -1.89. The number of aromatic nitrogens is 2. The quantitative estimate of drug-likeness (QED) is 0.654. The Kier molecular flexibility index (Phi) is 5.31. The number of hydrogen-bond acceptors (Lipinski definition) is 4. The maximum Gasteiger partial charge on any atom is 0.328 e. The van der Waals surface area contributed by atoms with Crippen molar-refractivity contribution in [3.05, 3.63) is 33.1 Å². The molecule has 0 fully saturated rings. The van der Waals surface area contributed by atoms with Gasteiger partial charge in [0.05, 0.1) is 0 Å². The van der Waals surface area contributed by atoms with Gasteiger partial charge in [-0.3, -0.25) is 14.6 Å². The second-order valence-corrected chi connectivity index (χ2v) is 4.21. The number of nitrogens with zero attached hydrogens (tertiary/aromatic N) is 2. The molecule has 0 atom stereocenters. The zero-order valence-electron chi connectivity index (χ0n) is 10.6. The molecule has 0 aliphatic heterocycles. The average molecular weight is 254 g/mol. The third-order valence-corrected chi connectivity index (χ3v) is 2.36. The highest BCUT2D eigenvalue weighted by molar-refractivity contribution is 5.75. The van der Waals surface area contributed by atoms with Gasteiger partial charge in [0, 0.05) is 38.3 Å². The number of aryl methyl sites for hydroxylation is 1. The van der Waals surface area contributed by atoms with Crippen molar-refractivity contribution < 1.29 is 4.79 Å². The van der Waals surface area contributed by atoms with Crippen molar-refractivity contribution in [2.24, 2.45) is 0 Å². The molecular formula is C11H18N4O3. The highest BCUT2D eigenvalue weighted by Crippen LogP contribution is 1.85. The summed E-state index contributed by atoms with van der Waals surface area (Å²) in [6, 6.07) is 1.26. The van der Waals surface area contributed by atoms with Gasteiger partial charge in [-0.1, -0.05) is 0 Å². The van der Waals surface area contributed by atoms with E-state index in [1.165, 1.54) is 16.8 Å². The maximum absolute atomic E-state index is 11.5. The molecule has 18 heavy (non-hydrogen) atoms. The molecule has 0 spiro atoms. The summed E-state index contributed by atoms with van der Waals surface area (Å²) in [5.74, 6) is -0.116. The minimum atomic E-state index is -0.497. The molecule has 0 unspecified atom stereocenters. The van der Waals surface area contributed by atoms with Crippen molar-refractivity contribution in [3.63, 3.8) is 0 Å². The van der Waals surface area contributed by atoms with Crippen molar-refractivity contribution in [1.82, 2.24) is 19.8 Å². The van der Waals surface area contributed by atoms with Crippen LogP contribution < -0.4 is 16.6 Å². The van der Waals surface area contributed by atoms with E-state index in [9.17, 15) is 14.4 Å². The topological polar surface area (TPSA) is 87.2 Å². The van der Waals surface area contributed by atoms with Crippen LogP contribution in [0.4, 0.5) is 0 Å². The minimum Gasteiger partial charge on any atom is -0.355 e. The van der Waals surface area contributed by atoms with Crippen LogP contribution in [0, 0.1) is 0 Å². The minimum absolute atomic E-state index is 0.116. The first-order chi connectivity index (χ1) is 8.49. The third kappa shape index (κ3) is 4.96. The van der Waals surface area contributed by atoms with Crippen LogP contribution in [0.15, 0.2) is 21.9 Å². The molecule has 0 radical (unpaired) electrons. The Morgan fingerprint density at radius 2 is 2.17 bits per heavy atom. The van der Waals surface area contributed by atoms with E-state index in [-0.39, 0.29) is 18.9 Å². The number of aromatic amines is 1. The molecule has 1 aromatic rings. The predicted molar refractivity (Wildman–Crippen MR) is 67.5 cm³/mol. The lowest BCUT2D eigenvalue weighted by atomic mass is 10.4. The van der Waals surface area contributed by atoms with Gasteiger partial charge in [-0.05, 0) is 14.1 Å². The van der Waals surface area contributed by atoms with E-state index < -0.39 is 11.2 Å². The largest absolute Gasteiger partial charge is 0.355 e. The van der Waals surface area contributed by atoms with E-state index in [1.807, 2.05) is 19.0 Å². The van der Waals surface area contributed by atoms with Gasteiger partial charge in [0.25, 0.3) is 5.56 Å². The molecule has 1 rings (SSSR count). The second kappa shape index (κ2) is 6.75. The molecule has 2 N–H and O–H groups in total. The van der Waals surface area contributed by atoms with Crippen molar-refractivity contribution in [2.75, 3.05) is 27.2 Å². The first kappa shape index (κ1) is 14.2. The Labute approximate surface area is 104 Å². The monoisotopic (exact) mass is 254 g/mol.